The number of nitrogens with one attached hydrogen (secondary N) is 1. The van der Waals surface area contributed by atoms with Crippen LogP contribution in [0.2, 0.25) is 0 Å². The van der Waals surface area contributed by atoms with Crippen molar-refractivity contribution in [2.45, 2.75) is 104 Å². The van der Waals surface area contributed by atoms with Crippen molar-refractivity contribution >= 4 is 0 Å². The van der Waals surface area contributed by atoms with Gasteiger partial charge in [0, 0.05) is 6.42 Å². The average molecular weight is 401 g/mol. The molecule has 5 heteroatoms. The maximum Gasteiger partial charge on any atom is 0.135 e. The van der Waals surface area contributed by atoms with Crippen LogP contribution in [0.3, 0.4) is 0 Å². The van der Waals surface area contributed by atoms with Gasteiger partial charge in [0.05, 0.1) is 24.4 Å². The normalized spacial score (nSPS) is 20.8. The fourth-order valence-electron chi connectivity index (χ4n) is 3.45. The molecule has 0 aromatic carbocycles. The molecule has 1 saturated heterocycles. The third kappa shape index (κ3) is 11.7. The van der Waals surface area contributed by atoms with Gasteiger partial charge in [0.15, 0.2) is 0 Å². The van der Waals surface area contributed by atoms with Crippen LogP contribution in [-0.2, 0) is 14.2 Å². The van der Waals surface area contributed by atoms with E-state index in [-0.39, 0.29) is 28.9 Å². The molecule has 0 spiro atoms. The summed E-state index contributed by atoms with van der Waals surface area (Å²) < 4.78 is 18.2. The van der Waals surface area contributed by atoms with E-state index < -0.39 is 0 Å². The average Bonchev–Trinajstić information content (AvgIpc) is 3.26. The van der Waals surface area contributed by atoms with E-state index in [1.807, 2.05) is 0 Å². The Bertz CT molecular complexity index is 436. The van der Waals surface area contributed by atoms with E-state index in [1.165, 1.54) is 12.8 Å². The third-order valence-electron chi connectivity index (χ3n) is 5.38. The Morgan fingerprint density at radius 3 is 2.25 bits per heavy atom. The smallest absolute Gasteiger partial charge is 0.135 e. The second-order valence-corrected chi connectivity index (χ2v) is 10.7. The summed E-state index contributed by atoms with van der Waals surface area (Å²) in [7, 11) is 4.21. The molecule has 0 aromatic rings. The zero-order chi connectivity index (χ0) is 21.4. The van der Waals surface area contributed by atoms with E-state index in [9.17, 15) is 0 Å². The van der Waals surface area contributed by atoms with Gasteiger partial charge >= 0.3 is 0 Å². The van der Waals surface area contributed by atoms with Crippen LogP contribution >= 0.6 is 0 Å². The van der Waals surface area contributed by atoms with Gasteiger partial charge in [-0.1, -0.05) is 27.2 Å². The maximum atomic E-state index is 6.23. The van der Waals surface area contributed by atoms with Crippen molar-refractivity contribution in [1.29, 1.82) is 0 Å². The van der Waals surface area contributed by atoms with Gasteiger partial charge in [0.2, 0.25) is 0 Å². The molecular formula is C23H48N2O3. The first-order valence-corrected chi connectivity index (χ1v) is 11.2. The molecule has 1 N–H and O–H groups in total. The lowest BCUT2D eigenvalue weighted by molar-refractivity contribution is -0.0930. The fraction of sp³-hybridized carbons (Fsp3) is 1.00. The second kappa shape index (κ2) is 11.3. The van der Waals surface area contributed by atoms with Gasteiger partial charge in [-0.3, -0.25) is 5.32 Å². The van der Waals surface area contributed by atoms with Crippen molar-refractivity contribution in [2.75, 3.05) is 40.4 Å². The fourth-order valence-corrected chi connectivity index (χ4v) is 3.45. The van der Waals surface area contributed by atoms with Crippen LogP contribution in [-0.4, -0.2) is 68.8 Å². The molecule has 1 aliphatic heterocycles. The van der Waals surface area contributed by atoms with Crippen molar-refractivity contribution in [3.63, 3.8) is 0 Å². The first kappa shape index (κ1) is 25.8. The molecule has 2 atom stereocenters. The van der Waals surface area contributed by atoms with Gasteiger partial charge in [-0.05, 0) is 79.6 Å². The van der Waals surface area contributed by atoms with Gasteiger partial charge in [-0.25, -0.2) is 0 Å². The number of epoxide rings is 1. The summed E-state index contributed by atoms with van der Waals surface area (Å²) in [5, 5.41) is 3.48. The van der Waals surface area contributed by atoms with E-state index in [0.29, 0.717) is 6.61 Å². The summed E-state index contributed by atoms with van der Waals surface area (Å²) in [4.78, 5) is 2.21. The lowest BCUT2D eigenvalue weighted by atomic mass is 9.89. The zero-order valence-electron chi connectivity index (χ0n) is 20.2. The van der Waals surface area contributed by atoms with Crippen LogP contribution in [0.5, 0.6) is 0 Å². The van der Waals surface area contributed by atoms with E-state index in [4.69, 9.17) is 14.2 Å². The first-order valence-electron chi connectivity index (χ1n) is 11.2. The molecule has 168 valence electrons. The molecule has 1 aliphatic rings. The molecular weight excluding hydrogens is 352 g/mol. The first-order chi connectivity index (χ1) is 12.9. The molecule has 0 radical (unpaired) electrons. The summed E-state index contributed by atoms with van der Waals surface area (Å²) in [5.74, 6) is 0. The minimum absolute atomic E-state index is 0.159. The summed E-state index contributed by atoms with van der Waals surface area (Å²) in [6.45, 7) is 19.1. The Morgan fingerprint density at radius 1 is 0.964 bits per heavy atom. The monoisotopic (exact) mass is 400 g/mol. The number of rotatable bonds is 16. The highest BCUT2D eigenvalue weighted by Crippen LogP contribution is 2.31. The Kier molecular flexibility index (Phi) is 10.4. The van der Waals surface area contributed by atoms with Crippen LogP contribution in [0.25, 0.3) is 0 Å². The number of hydrogen-bond acceptors (Lipinski definition) is 5. The molecule has 1 heterocycles. The van der Waals surface area contributed by atoms with Crippen LogP contribution in [0.4, 0.5) is 0 Å². The van der Waals surface area contributed by atoms with Gasteiger partial charge < -0.3 is 19.1 Å². The minimum atomic E-state index is -0.178. The molecule has 0 bridgehead atoms. The highest BCUT2D eigenvalue weighted by Gasteiger charge is 2.42. The molecule has 1 rings (SSSR count). The Morgan fingerprint density at radius 2 is 1.64 bits per heavy atom. The van der Waals surface area contributed by atoms with Gasteiger partial charge in [-0.2, -0.15) is 0 Å². The Balaban J connectivity index is 2.21. The number of hydrogen-bond donors (Lipinski definition) is 1. The Labute approximate surface area is 174 Å². The van der Waals surface area contributed by atoms with Crippen molar-refractivity contribution in [3.8, 4) is 0 Å². The topological polar surface area (TPSA) is 46.3 Å². The third-order valence-corrected chi connectivity index (χ3v) is 5.38. The molecule has 0 amide bonds. The summed E-state index contributed by atoms with van der Waals surface area (Å²) in [6.07, 6.45) is 5.82. The summed E-state index contributed by atoms with van der Waals surface area (Å²) in [5.41, 5.74) is -0.0972. The summed E-state index contributed by atoms with van der Waals surface area (Å²) in [6, 6.07) is 0. The van der Waals surface area contributed by atoms with Crippen molar-refractivity contribution in [3.05, 3.63) is 0 Å². The lowest BCUT2D eigenvalue weighted by Crippen LogP contribution is -2.34. The van der Waals surface area contributed by atoms with E-state index in [1.54, 1.807) is 0 Å². The predicted molar refractivity (Wildman–Crippen MR) is 118 cm³/mol. The van der Waals surface area contributed by atoms with Crippen LogP contribution in [0.1, 0.15) is 80.6 Å². The molecule has 5 nitrogen and oxygen atoms in total. The molecule has 0 aromatic heterocycles. The number of ether oxygens (including phenoxy) is 3. The van der Waals surface area contributed by atoms with Gasteiger partial charge in [0.1, 0.15) is 12.3 Å². The van der Waals surface area contributed by atoms with Crippen molar-refractivity contribution < 1.29 is 14.2 Å². The largest absolute Gasteiger partial charge is 0.375 e. The molecule has 2 unspecified atom stereocenters. The predicted octanol–water partition coefficient (Wildman–Crippen LogP) is 4.45. The van der Waals surface area contributed by atoms with Crippen LogP contribution in [0.15, 0.2) is 0 Å². The second-order valence-electron chi connectivity index (χ2n) is 10.7. The minimum Gasteiger partial charge on any atom is -0.375 e. The molecule has 28 heavy (non-hydrogen) atoms. The summed E-state index contributed by atoms with van der Waals surface area (Å²) >= 11 is 0. The lowest BCUT2D eigenvalue weighted by Gasteiger charge is -2.33. The van der Waals surface area contributed by atoms with E-state index in [2.05, 4.69) is 72.8 Å². The highest BCUT2D eigenvalue weighted by atomic mass is 16.6. The van der Waals surface area contributed by atoms with Gasteiger partial charge in [0.25, 0.3) is 0 Å². The molecule has 1 fully saturated rings. The highest BCUT2D eigenvalue weighted by molar-refractivity contribution is 4.89. The number of nitrogens with zero attached hydrogens (tertiary/aromatic N) is 1. The quantitative estimate of drug-likeness (QED) is 0.306. The van der Waals surface area contributed by atoms with Gasteiger partial charge in [-0.15, -0.1) is 0 Å². The molecule has 0 aliphatic carbocycles. The SMILES string of the molecule is CCCC(C)(C)COC(C)(C)CCOC(C)(C)CC1OC1NCCCN(C)C. The maximum absolute atomic E-state index is 6.23. The van der Waals surface area contributed by atoms with Crippen molar-refractivity contribution in [1.82, 2.24) is 10.2 Å². The Hall–Kier alpha value is -0.200. The van der Waals surface area contributed by atoms with E-state index >= 15 is 0 Å². The van der Waals surface area contributed by atoms with Crippen LogP contribution in [0, 0.1) is 5.41 Å². The standard InChI is InChI=1S/C23H48N2O3/c1-10-12-21(2,3)18-27-22(4,5)13-16-26-23(6,7)17-19-20(28-19)24-14-11-15-25(8)9/h19-20,24H,10-18H2,1-9H3. The zero-order valence-corrected chi connectivity index (χ0v) is 20.2. The van der Waals surface area contributed by atoms with Crippen LogP contribution < -0.4 is 5.32 Å². The van der Waals surface area contributed by atoms with E-state index in [0.717, 1.165) is 39.0 Å². The van der Waals surface area contributed by atoms with Crippen molar-refractivity contribution in [2.24, 2.45) is 5.41 Å². The molecule has 0 saturated carbocycles.